The zero-order valence-electron chi connectivity index (χ0n) is 17.4. The van der Waals surface area contributed by atoms with Crippen LogP contribution in [0.5, 0.6) is 5.75 Å². The van der Waals surface area contributed by atoms with Crippen LogP contribution in [0.4, 0.5) is 0 Å². The van der Waals surface area contributed by atoms with Gasteiger partial charge in [0, 0.05) is 11.3 Å². The zero-order chi connectivity index (χ0) is 22.3. The predicted molar refractivity (Wildman–Crippen MR) is 124 cm³/mol. The topological polar surface area (TPSA) is 96.1 Å². The van der Waals surface area contributed by atoms with Crippen LogP contribution in [0.25, 0.3) is 11.0 Å². The first-order valence-electron chi connectivity index (χ1n) is 10.0. The molecule has 8 heteroatoms. The number of amides is 2. The standard InChI is InChI=1S/C24H22N4O3S/c1-16-5-4-6-19(13-16)31-14-22(29)27-28-23(30)18-11-9-17(10-12-18)15-32-24-25-20-7-2-3-8-21(20)26-24/h2-13H,14-15H2,1H3,(H,25,26)(H,27,29)(H,28,30). The van der Waals surface area contributed by atoms with Crippen molar-refractivity contribution < 1.29 is 14.3 Å². The molecule has 3 N–H and O–H groups in total. The van der Waals surface area contributed by atoms with Gasteiger partial charge in [-0.3, -0.25) is 20.4 Å². The second-order valence-corrected chi connectivity index (χ2v) is 8.12. The second-order valence-electron chi connectivity index (χ2n) is 7.15. The maximum Gasteiger partial charge on any atom is 0.276 e. The van der Waals surface area contributed by atoms with Crippen molar-refractivity contribution in [3.05, 3.63) is 89.5 Å². The molecule has 0 aliphatic rings. The Morgan fingerprint density at radius 1 is 1.00 bits per heavy atom. The molecule has 1 aromatic heterocycles. The average molecular weight is 447 g/mol. The highest BCUT2D eigenvalue weighted by molar-refractivity contribution is 7.98. The normalized spacial score (nSPS) is 10.7. The van der Waals surface area contributed by atoms with Gasteiger partial charge in [0.25, 0.3) is 11.8 Å². The van der Waals surface area contributed by atoms with Gasteiger partial charge in [0.2, 0.25) is 0 Å². The molecule has 4 rings (SSSR count). The molecule has 1 heterocycles. The number of aromatic amines is 1. The van der Waals surface area contributed by atoms with E-state index >= 15 is 0 Å². The van der Waals surface area contributed by atoms with Gasteiger partial charge in [0.15, 0.2) is 11.8 Å². The number of nitrogens with one attached hydrogen (secondary N) is 3. The van der Waals surface area contributed by atoms with E-state index in [-0.39, 0.29) is 6.61 Å². The fourth-order valence-corrected chi connectivity index (χ4v) is 3.83. The molecular weight excluding hydrogens is 424 g/mol. The highest BCUT2D eigenvalue weighted by atomic mass is 32.2. The molecule has 0 saturated carbocycles. The Kier molecular flexibility index (Phi) is 6.72. The van der Waals surface area contributed by atoms with E-state index in [0.717, 1.165) is 33.1 Å². The second kappa shape index (κ2) is 10.0. The van der Waals surface area contributed by atoms with Gasteiger partial charge in [0.1, 0.15) is 5.75 Å². The monoisotopic (exact) mass is 446 g/mol. The number of imidazole rings is 1. The van der Waals surface area contributed by atoms with Gasteiger partial charge in [-0.2, -0.15) is 0 Å². The first-order valence-corrected chi connectivity index (χ1v) is 11.0. The first kappa shape index (κ1) is 21.5. The fraction of sp³-hybridized carbons (Fsp3) is 0.125. The van der Waals surface area contributed by atoms with E-state index in [1.165, 1.54) is 0 Å². The SMILES string of the molecule is Cc1cccc(OCC(=O)NNC(=O)c2ccc(CSc3nc4ccccc4[nH]3)cc2)c1. The van der Waals surface area contributed by atoms with Crippen molar-refractivity contribution in [3.8, 4) is 5.75 Å². The lowest BCUT2D eigenvalue weighted by molar-refractivity contribution is -0.123. The number of H-pyrrole nitrogens is 1. The van der Waals surface area contributed by atoms with Crippen molar-refractivity contribution in [3.63, 3.8) is 0 Å². The number of benzene rings is 3. The lowest BCUT2D eigenvalue weighted by Crippen LogP contribution is -2.43. The van der Waals surface area contributed by atoms with Crippen LogP contribution in [0.2, 0.25) is 0 Å². The minimum absolute atomic E-state index is 0.193. The molecule has 4 aromatic rings. The molecule has 0 spiro atoms. The fourth-order valence-electron chi connectivity index (χ4n) is 2.99. The summed E-state index contributed by atoms with van der Waals surface area (Å²) in [5.41, 5.74) is 9.25. The zero-order valence-corrected chi connectivity index (χ0v) is 18.2. The van der Waals surface area contributed by atoms with Crippen molar-refractivity contribution in [2.45, 2.75) is 17.8 Å². The number of fused-ring (bicyclic) bond motifs is 1. The summed E-state index contributed by atoms with van der Waals surface area (Å²) in [6.07, 6.45) is 0. The van der Waals surface area contributed by atoms with E-state index in [4.69, 9.17) is 4.74 Å². The Balaban J connectivity index is 1.23. The molecule has 162 valence electrons. The smallest absolute Gasteiger partial charge is 0.276 e. The van der Waals surface area contributed by atoms with Crippen LogP contribution in [0.3, 0.4) is 0 Å². The minimum atomic E-state index is -0.446. The molecule has 2 amide bonds. The molecule has 0 radical (unpaired) electrons. The number of carbonyl (C=O) groups excluding carboxylic acids is 2. The summed E-state index contributed by atoms with van der Waals surface area (Å²) in [6, 6.07) is 22.5. The van der Waals surface area contributed by atoms with Crippen molar-refractivity contribution in [1.82, 2.24) is 20.8 Å². The molecule has 0 bridgehead atoms. The van der Waals surface area contributed by atoms with Crippen LogP contribution < -0.4 is 15.6 Å². The molecule has 0 unspecified atom stereocenters. The molecule has 0 aliphatic heterocycles. The molecular formula is C24H22N4O3S. The quantitative estimate of drug-likeness (QED) is 0.295. The number of thioether (sulfide) groups is 1. The van der Waals surface area contributed by atoms with E-state index in [1.54, 1.807) is 30.0 Å². The van der Waals surface area contributed by atoms with Crippen LogP contribution in [-0.4, -0.2) is 28.4 Å². The summed E-state index contributed by atoms with van der Waals surface area (Å²) >= 11 is 1.59. The molecule has 0 aliphatic carbocycles. The van der Waals surface area contributed by atoms with E-state index < -0.39 is 11.8 Å². The highest BCUT2D eigenvalue weighted by Crippen LogP contribution is 2.23. The minimum Gasteiger partial charge on any atom is -0.484 e. The third-order valence-corrected chi connectivity index (χ3v) is 5.58. The van der Waals surface area contributed by atoms with E-state index in [0.29, 0.717) is 11.3 Å². The molecule has 32 heavy (non-hydrogen) atoms. The van der Waals surface area contributed by atoms with Crippen molar-refractivity contribution in [2.75, 3.05) is 6.61 Å². The number of para-hydroxylation sites is 2. The summed E-state index contributed by atoms with van der Waals surface area (Å²) in [7, 11) is 0. The third kappa shape index (κ3) is 5.67. The van der Waals surface area contributed by atoms with Crippen molar-refractivity contribution in [2.24, 2.45) is 0 Å². The summed E-state index contributed by atoms with van der Waals surface area (Å²) in [5, 5.41) is 0.851. The van der Waals surface area contributed by atoms with E-state index in [9.17, 15) is 9.59 Å². The summed E-state index contributed by atoms with van der Waals surface area (Å²) in [5.74, 6) is 0.473. The van der Waals surface area contributed by atoms with E-state index in [1.807, 2.05) is 61.5 Å². The lowest BCUT2D eigenvalue weighted by atomic mass is 10.1. The summed E-state index contributed by atoms with van der Waals surface area (Å²) in [6.45, 7) is 1.75. The van der Waals surface area contributed by atoms with Gasteiger partial charge in [-0.25, -0.2) is 4.98 Å². The molecule has 3 aromatic carbocycles. The number of nitrogens with zero attached hydrogens (tertiary/aromatic N) is 1. The van der Waals surface area contributed by atoms with E-state index in [2.05, 4.69) is 20.8 Å². The van der Waals surface area contributed by atoms with Gasteiger partial charge in [-0.15, -0.1) is 0 Å². The Labute approximate surface area is 189 Å². The van der Waals surface area contributed by atoms with Crippen LogP contribution in [0.15, 0.2) is 78.0 Å². The Bertz CT molecular complexity index is 1200. The van der Waals surface area contributed by atoms with Crippen LogP contribution in [0.1, 0.15) is 21.5 Å². The molecule has 0 atom stereocenters. The van der Waals surface area contributed by atoms with Crippen LogP contribution in [0, 0.1) is 6.92 Å². The number of hydrogen-bond donors (Lipinski definition) is 3. The predicted octanol–water partition coefficient (Wildman–Crippen LogP) is 4.00. The number of aromatic nitrogens is 2. The number of aryl methyl sites for hydroxylation is 1. The van der Waals surface area contributed by atoms with Crippen molar-refractivity contribution in [1.29, 1.82) is 0 Å². The number of ether oxygens (including phenoxy) is 1. The van der Waals surface area contributed by atoms with Gasteiger partial charge in [-0.05, 0) is 54.4 Å². The van der Waals surface area contributed by atoms with Crippen LogP contribution >= 0.6 is 11.8 Å². The van der Waals surface area contributed by atoms with Crippen molar-refractivity contribution >= 4 is 34.6 Å². The summed E-state index contributed by atoms with van der Waals surface area (Å²) < 4.78 is 5.41. The Hall–Kier alpha value is -3.78. The molecule has 0 saturated heterocycles. The number of rotatable bonds is 7. The average Bonchev–Trinajstić information content (AvgIpc) is 3.23. The highest BCUT2D eigenvalue weighted by Gasteiger charge is 2.09. The lowest BCUT2D eigenvalue weighted by Gasteiger charge is -2.09. The van der Waals surface area contributed by atoms with Gasteiger partial charge in [0.05, 0.1) is 11.0 Å². The Morgan fingerprint density at radius 2 is 1.81 bits per heavy atom. The Morgan fingerprint density at radius 3 is 2.59 bits per heavy atom. The number of carbonyl (C=O) groups is 2. The maximum absolute atomic E-state index is 12.3. The van der Waals surface area contributed by atoms with Gasteiger partial charge >= 0.3 is 0 Å². The molecule has 0 fully saturated rings. The van der Waals surface area contributed by atoms with Gasteiger partial charge in [-0.1, -0.05) is 48.2 Å². The maximum atomic E-state index is 12.3. The number of hydrazine groups is 1. The first-order chi connectivity index (χ1) is 15.6. The van der Waals surface area contributed by atoms with Crippen LogP contribution in [-0.2, 0) is 10.5 Å². The van der Waals surface area contributed by atoms with Gasteiger partial charge < -0.3 is 9.72 Å². The molecule has 7 nitrogen and oxygen atoms in total. The third-order valence-electron chi connectivity index (χ3n) is 4.63. The largest absolute Gasteiger partial charge is 0.484 e. The summed E-state index contributed by atoms with van der Waals surface area (Å²) in [4.78, 5) is 32.0. The number of hydrogen-bond acceptors (Lipinski definition) is 5.